The first-order chi connectivity index (χ1) is 10.4. The fraction of sp³-hybridized carbons (Fsp3) is 0.667. The normalized spacial score (nSPS) is 20.0. The van der Waals surface area contributed by atoms with E-state index in [-0.39, 0.29) is 0 Å². The molecule has 2 aliphatic heterocycles. The molecule has 0 spiro atoms. The van der Waals surface area contributed by atoms with E-state index >= 15 is 0 Å². The monoisotopic (exact) mass is 289 g/mol. The maximum atomic E-state index is 5.59. The Morgan fingerprint density at radius 3 is 2.90 bits per heavy atom. The van der Waals surface area contributed by atoms with Gasteiger partial charge in [-0.3, -0.25) is 0 Å². The highest BCUT2D eigenvalue weighted by atomic mass is 16.5. The average molecular weight is 289 g/mol. The van der Waals surface area contributed by atoms with E-state index in [1.807, 2.05) is 0 Å². The van der Waals surface area contributed by atoms with Gasteiger partial charge < -0.3 is 14.8 Å². The van der Waals surface area contributed by atoms with E-state index in [4.69, 9.17) is 9.47 Å². The zero-order chi connectivity index (χ0) is 14.5. The van der Waals surface area contributed by atoms with E-state index in [2.05, 4.69) is 30.4 Å². The molecular formula is C18H27NO2. The molecule has 1 fully saturated rings. The Kier molecular flexibility index (Phi) is 5.15. The lowest BCUT2D eigenvalue weighted by molar-refractivity contribution is 0.0528. The number of aryl methyl sites for hydroxylation is 1. The fourth-order valence-corrected chi connectivity index (χ4v) is 3.60. The summed E-state index contributed by atoms with van der Waals surface area (Å²) in [6, 6.07) is 7.35. The Bertz CT molecular complexity index is 455. The van der Waals surface area contributed by atoms with Crippen LogP contribution in [0.4, 0.5) is 0 Å². The topological polar surface area (TPSA) is 30.5 Å². The van der Waals surface area contributed by atoms with Gasteiger partial charge in [0.25, 0.3) is 0 Å². The molecule has 1 saturated heterocycles. The summed E-state index contributed by atoms with van der Waals surface area (Å²) >= 11 is 0. The van der Waals surface area contributed by atoms with Crippen LogP contribution in [0.1, 0.15) is 37.3 Å². The highest BCUT2D eigenvalue weighted by molar-refractivity contribution is 5.39. The minimum Gasteiger partial charge on any atom is -0.493 e. The predicted molar refractivity (Wildman–Crippen MR) is 85.0 cm³/mol. The molecule has 1 N–H and O–H groups in total. The molecular weight excluding hydrogens is 262 g/mol. The molecule has 3 heteroatoms. The molecule has 1 atom stereocenters. The molecule has 3 rings (SSSR count). The van der Waals surface area contributed by atoms with Crippen molar-refractivity contribution < 1.29 is 9.47 Å². The van der Waals surface area contributed by atoms with Crippen LogP contribution < -0.4 is 10.1 Å². The first kappa shape index (κ1) is 14.9. The van der Waals surface area contributed by atoms with E-state index in [1.54, 1.807) is 0 Å². The van der Waals surface area contributed by atoms with Crippen molar-refractivity contribution in [3.8, 4) is 5.75 Å². The van der Waals surface area contributed by atoms with Crippen LogP contribution >= 0.6 is 0 Å². The first-order valence-electron chi connectivity index (χ1n) is 8.42. The second-order valence-electron chi connectivity index (χ2n) is 6.19. The lowest BCUT2D eigenvalue weighted by Crippen LogP contribution is -2.39. The second kappa shape index (κ2) is 7.28. The Labute approximate surface area is 128 Å². The summed E-state index contributed by atoms with van der Waals surface area (Å²) in [7, 11) is 0. The van der Waals surface area contributed by atoms with Crippen LogP contribution in [-0.2, 0) is 17.6 Å². The Balaban J connectivity index is 1.58. The lowest BCUT2D eigenvalue weighted by atomic mass is 9.87. The van der Waals surface area contributed by atoms with Gasteiger partial charge in [-0.25, -0.2) is 0 Å². The molecule has 1 unspecified atom stereocenters. The summed E-state index contributed by atoms with van der Waals surface area (Å²) in [6.45, 7) is 5.98. The van der Waals surface area contributed by atoms with Crippen molar-refractivity contribution in [2.24, 2.45) is 5.92 Å². The summed E-state index contributed by atoms with van der Waals surface area (Å²) in [5.74, 6) is 1.86. The van der Waals surface area contributed by atoms with E-state index in [0.29, 0.717) is 6.04 Å². The number of ether oxygens (including phenoxy) is 2. The largest absolute Gasteiger partial charge is 0.493 e. The zero-order valence-electron chi connectivity index (χ0n) is 13.1. The molecule has 0 bridgehead atoms. The van der Waals surface area contributed by atoms with Gasteiger partial charge in [0, 0.05) is 25.7 Å². The van der Waals surface area contributed by atoms with E-state index in [9.17, 15) is 0 Å². The first-order valence-corrected chi connectivity index (χ1v) is 8.42. The molecule has 1 aromatic rings. The summed E-state index contributed by atoms with van der Waals surface area (Å²) in [5, 5.41) is 3.69. The molecule has 0 aromatic heterocycles. The summed E-state index contributed by atoms with van der Waals surface area (Å²) in [6.07, 6.45) is 5.85. The molecule has 0 amide bonds. The number of benzene rings is 1. The van der Waals surface area contributed by atoms with Gasteiger partial charge in [0.15, 0.2) is 0 Å². The van der Waals surface area contributed by atoms with E-state index < -0.39 is 0 Å². The van der Waals surface area contributed by atoms with Crippen molar-refractivity contribution in [1.82, 2.24) is 5.32 Å². The van der Waals surface area contributed by atoms with Gasteiger partial charge in [0.05, 0.1) is 6.61 Å². The van der Waals surface area contributed by atoms with Gasteiger partial charge in [0.2, 0.25) is 0 Å². The number of hydrogen-bond donors (Lipinski definition) is 1. The van der Waals surface area contributed by atoms with Gasteiger partial charge in [-0.1, -0.05) is 19.1 Å². The molecule has 0 saturated carbocycles. The lowest BCUT2D eigenvalue weighted by Gasteiger charge is -2.31. The summed E-state index contributed by atoms with van der Waals surface area (Å²) in [5.41, 5.74) is 2.84. The summed E-state index contributed by atoms with van der Waals surface area (Å²) < 4.78 is 11.1. The fourth-order valence-electron chi connectivity index (χ4n) is 3.60. The van der Waals surface area contributed by atoms with Gasteiger partial charge in [-0.05, 0) is 55.3 Å². The molecule has 2 aliphatic rings. The zero-order valence-corrected chi connectivity index (χ0v) is 13.1. The van der Waals surface area contributed by atoms with Crippen molar-refractivity contribution in [2.45, 2.75) is 45.1 Å². The maximum absolute atomic E-state index is 5.59. The standard InChI is InChI=1S/C18H27NO2/c1-2-19-17(15-7-10-20-11-8-15)5-3-14-4-6-18-16(13-14)9-12-21-18/h4,6,13,15,17,19H,2-3,5,7-12H2,1H3. The molecule has 116 valence electrons. The number of fused-ring (bicyclic) bond motifs is 1. The minimum atomic E-state index is 0.628. The van der Waals surface area contributed by atoms with Gasteiger partial charge in [-0.2, -0.15) is 0 Å². The molecule has 21 heavy (non-hydrogen) atoms. The highest BCUT2D eigenvalue weighted by Crippen LogP contribution is 2.27. The van der Waals surface area contributed by atoms with E-state index in [1.165, 1.54) is 30.4 Å². The van der Waals surface area contributed by atoms with Crippen LogP contribution in [0.15, 0.2) is 18.2 Å². The maximum Gasteiger partial charge on any atom is 0.122 e. The molecule has 0 radical (unpaired) electrons. The van der Waals surface area contributed by atoms with E-state index in [0.717, 1.165) is 50.9 Å². The molecule has 0 aliphatic carbocycles. The third-order valence-electron chi connectivity index (χ3n) is 4.80. The van der Waals surface area contributed by atoms with Crippen LogP contribution in [0, 0.1) is 5.92 Å². The molecule has 1 aromatic carbocycles. The Morgan fingerprint density at radius 1 is 1.24 bits per heavy atom. The Hall–Kier alpha value is -1.06. The van der Waals surface area contributed by atoms with Gasteiger partial charge >= 0.3 is 0 Å². The predicted octanol–water partition coefficient (Wildman–Crippen LogP) is 2.96. The van der Waals surface area contributed by atoms with Crippen molar-refractivity contribution in [1.29, 1.82) is 0 Å². The molecule has 2 heterocycles. The third kappa shape index (κ3) is 3.78. The number of nitrogens with one attached hydrogen (secondary N) is 1. The summed E-state index contributed by atoms with van der Waals surface area (Å²) in [4.78, 5) is 0. The van der Waals surface area contributed by atoms with Crippen LogP contribution in [0.2, 0.25) is 0 Å². The average Bonchev–Trinajstić information content (AvgIpc) is 3.00. The number of hydrogen-bond acceptors (Lipinski definition) is 3. The van der Waals surface area contributed by atoms with Crippen LogP contribution in [0.3, 0.4) is 0 Å². The Morgan fingerprint density at radius 2 is 2.10 bits per heavy atom. The van der Waals surface area contributed by atoms with Gasteiger partial charge in [-0.15, -0.1) is 0 Å². The second-order valence-corrected chi connectivity index (χ2v) is 6.19. The third-order valence-corrected chi connectivity index (χ3v) is 4.80. The van der Waals surface area contributed by atoms with Gasteiger partial charge in [0.1, 0.15) is 5.75 Å². The van der Waals surface area contributed by atoms with Crippen LogP contribution in [-0.4, -0.2) is 32.4 Å². The van der Waals surface area contributed by atoms with Crippen molar-refractivity contribution >= 4 is 0 Å². The quantitative estimate of drug-likeness (QED) is 0.873. The smallest absolute Gasteiger partial charge is 0.122 e. The van der Waals surface area contributed by atoms with Crippen molar-refractivity contribution in [3.05, 3.63) is 29.3 Å². The van der Waals surface area contributed by atoms with Crippen molar-refractivity contribution in [2.75, 3.05) is 26.4 Å². The minimum absolute atomic E-state index is 0.628. The molecule has 3 nitrogen and oxygen atoms in total. The highest BCUT2D eigenvalue weighted by Gasteiger charge is 2.23. The van der Waals surface area contributed by atoms with Crippen LogP contribution in [0.5, 0.6) is 5.75 Å². The SMILES string of the molecule is CCNC(CCc1ccc2c(c1)CCO2)C1CCOCC1. The van der Waals surface area contributed by atoms with Crippen molar-refractivity contribution in [3.63, 3.8) is 0 Å². The number of rotatable bonds is 6. The van der Waals surface area contributed by atoms with Crippen LogP contribution in [0.25, 0.3) is 0 Å².